The number of nitrogens with one attached hydrogen (secondary N) is 2. The van der Waals surface area contributed by atoms with Crippen LogP contribution in [0, 0.1) is 12.8 Å². The van der Waals surface area contributed by atoms with Crippen molar-refractivity contribution < 1.29 is 13.2 Å². The van der Waals surface area contributed by atoms with Gasteiger partial charge in [-0.15, -0.1) is 0 Å². The molecule has 0 aliphatic carbocycles. The van der Waals surface area contributed by atoms with Crippen molar-refractivity contribution in [3.63, 3.8) is 0 Å². The minimum absolute atomic E-state index is 0.158. The fraction of sp³-hybridized carbons (Fsp3) is 0.667. The Kier molecular flexibility index (Phi) is 8.77. The van der Waals surface area contributed by atoms with Crippen LogP contribution in [0.3, 0.4) is 0 Å². The molecule has 0 amide bonds. The zero-order chi connectivity index (χ0) is 21.4. The Balaban J connectivity index is 2.00. The van der Waals surface area contributed by atoms with E-state index < -0.39 is 10.0 Å². The second-order valence-corrected chi connectivity index (χ2v) is 9.78. The number of sulfonamides is 1. The maximum absolute atomic E-state index is 11.7. The van der Waals surface area contributed by atoms with E-state index in [1.54, 1.807) is 4.31 Å². The summed E-state index contributed by atoms with van der Waals surface area (Å²) in [5, 5.41) is 6.63. The molecule has 2 unspecified atom stereocenters. The van der Waals surface area contributed by atoms with Gasteiger partial charge in [-0.2, -0.15) is 0 Å². The molecule has 0 radical (unpaired) electrons. The van der Waals surface area contributed by atoms with E-state index in [4.69, 9.17) is 9.73 Å². The van der Waals surface area contributed by atoms with Gasteiger partial charge in [0.1, 0.15) is 5.75 Å². The van der Waals surface area contributed by atoms with Crippen molar-refractivity contribution in [3.8, 4) is 5.75 Å². The van der Waals surface area contributed by atoms with Gasteiger partial charge in [0.2, 0.25) is 10.0 Å². The van der Waals surface area contributed by atoms with Crippen LogP contribution >= 0.6 is 0 Å². The highest BCUT2D eigenvalue weighted by atomic mass is 32.2. The molecule has 1 aliphatic heterocycles. The predicted octanol–water partition coefficient (Wildman–Crippen LogP) is 2.51. The molecular weight excluding hydrogens is 388 g/mol. The number of ether oxygens (including phenoxy) is 1. The molecule has 1 aromatic carbocycles. The van der Waals surface area contributed by atoms with Crippen LogP contribution in [0.5, 0.6) is 5.75 Å². The first-order chi connectivity index (χ1) is 13.7. The lowest BCUT2D eigenvalue weighted by molar-refractivity contribution is 0.215. The summed E-state index contributed by atoms with van der Waals surface area (Å²) < 4.78 is 31.0. The van der Waals surface area contributed by atoms with Crippen molar-refractivity contribution in [2.45, 2.75) is 53.2 Å². The minimum Gasteiger partial charge on any atom is -0.490 e. The van der Waals surface area contributed by atoms with E-state index in [9.17, 15) is 8.42 Å². The fourth-order valence-electron chi connectivity index (χ4n) is 3.21. The average molecular weight is 425 g/mol. The summed E-state index contributed by atoms with van der Waals surface area (Å²) in [4.78, 5) is 4.72. The number of rotatable bonds is 9. The number of benzene rings is 1. The number of hydrogen-bond donors (Lipinski definition) is 2. The van der Waals surface area contributed by atoms with Gasteiger partial charge in [-0.05, 0) is 51.2 Å². The lowest BCUT2D eigenvalue weighted by Crippen LogP contribution is -2.40. The fourth-order valence-corrected chi connectivity index (χ4v) is 4.13. The molecule has 29 heavy (non-hydrogen) atoms. The van der Waals surface area contributed by atoms with E-state index in [1.165, 1.54) is 6.26 Å². The minimum atomic E-state index is -3.11. The molecule has 1 heterocycles. The Labute approximate surface area is 176 Å². The molecule has 0 spiro atoms. The van der Waals surface area contributed by atoms with Crippen LogP contribution in [-0.2, 0) is 16.6 Å². The highest BCUT2D eigenvalue weighted by Crippen LogP contribution is 2.23. The van der Waals surface area contributed by atoms with Gasteiger partial charge in [-0.1, -0.05) is 19.1 Å². The van der Waals surface area contributed by atoms with E-state index in [-0.39, 0.29) is 12.0 Å². The van der Waals surface area contributed by atoms with Crippen molar-refractivity contribution in [2.24, 2.45) is 10.9 Å². The molecular formula is C21H36N4O3S. The van der Waals surface area contributed by atoms with Crippen molar-refractivity contribution >= 4 is 16.0 Å². The Morgan fingerprint density at radius 3 is 2.72 bits per heavy atom. The smallest absolute Gasteiger partial charge is 0.211 e. The van der Waals surface area contributed by atoms with Gasteiger partial charge in [0.05, 0.1) is 18.9 Å². The molecule has 2 N–H and O–H groups in total. The highest BCUT2D eigenvalue weighted by Gasteiger charge is 2.28. The van der Waals surface area contributed by atoms with E-state index in [0.29, 0.717) is 26.2 Å². The third kappa shape index (κ3) is 7.51. The average Bonchev–Trinajstić information content (AvgIpc) is 3.14. The molecule has 7 nitrogen and oxygen atoms in total. The Hall–Kier alpha value is -1.80. The topological polar surface area (TPSA) is 83.0 Å². The maximum atomic E-state index is 11.7. The zero-order valence-electron chi connectivity index (χ0n) is 18.4. The van der Waals surface area contributed by atoms with Crippen molar-refractivity contribution in [2.75, 3.05) is 32.4 Å². The van der Waals surface area contributed by atoms with Crippen LogP contribution in [-0.4, -0.2) is 57.2 Å². The lowest BCUT2D eigenvalue weighted by Gasteiger charge is -2.18. The predicted molar refractivity (Wildman–Crippen MR) is 119 cm³/mol. The lowest BCUT2D eigenvalue weighted by atomic mass is 10.1. The zero-order valence-corrected chi connectivity index (χ0v) is 19.2. The standard InChI is InChI=1S/C21H36N4O3S/c1-6-17(4)28-20-12-16(3)8-9-19(20)14-24-21(22-7-2)23-13-18-10-11-25(15-18)29(5,26)27/h8-9,12,17-18H,6-7,10-11,13-15H2,1-5H3,(H2,22,23,24). The quantitative estimate of drug-likeness (QED) is 0.470. The summed E-state index contributed by atoms with van der Waals surface area (Å²) in [5.74, 6) is 1.91. The number of aryl methyl sites for hydroxylation is 1. The Bertz CT molecular complexity index is 795. The van der Waals surface area contributed by atoms with E-state index in [2.05, 4.69) is 49.6 Å². The molecule has 1 aromatic rings. The Morgan fingerprint density at radius 2 is 2.10 bits per heavy atom. The van der Waals surface area contributed by atoms with Gasteiger partial charge in [-0.3, -0.25) is 0 Å². The van der Waals surface area contributed by atoms with Crippen molar-refractivity contribution in [1.82, 2.24) is 14.9 Å². The number of nitrogens with zero attached hydrogens (tertiary/aromatic N) is 2. The monoisotopic (exact) mass is 424 g/mol. The van der Waals surface area contributed by atoms with Crippen LogP contribution < -0.4 is 15.4 Å². The molecule has 2 atom stereocenters. The van der Waals surface area contributed by atoms with E-state index in [0.717, 1.165) is 42.2 Å². The van der Waals surface area contributed by atoms with Crippen LogP contribution in [0.1, 0.15) is 44.7 Å². The van der Waals surface area contributed by atoms with Gasteiger partial charge in [0.15, 0.2) is 5.96 Å². The van der Waals surface area contributed by atoms with Gasteiger partial charge < -0.3 is 15.4 Å². The summed E-state index contributed by atoms with van der Waals surface area (Å²) in [6, 6.07) is 6.21. The van der Waals surface area contributed by atoms with Crippen LogP contribution in [0.25, 0.3) is 0 Å². The largest absolute Gasteiger partial charge is 0.490 e. The molecule has 1 fully saturated rings. The summed E-state index contributed by atoms with van der Waals surface area (Å²) >= 11 is 0. The molecule has 164 valence electrons. The third-order valence-corrected chi connectivity index (χ3v) is 6.42. The molecule has 0 bridgehead atoms. The third-order valence-electron chi connectivity index (χ3n) is 5.15. The molecule has 8 heteroatoms. The first kappa shape index (κ1) is 23.5. The van der Waals surface area contributed by atoms with Crippen LogP contribution in [0.2, 0.25) is 0 Å². The number of guanidine groups is 1. The molecule has 0 aromatic heterocycles. The first-order valence-electron chi connectivity index (χ1n) is 10.5. The van der Waals surface area contributed by atoms with Gasteiger partial charge >= 0.3 is 0 Å². The highest BCUT2D eigenvalue weighted by molar-refractivity contribution is 7.88. The SMILES string of the molecule is CCNC(=NCc1ccc(C)cc1OC(C)CC)NCC1CCN(S(C)(=O)=O)C1. The van der Waals surface area contributed by atoms with Crippen molar-refractivity contribution in [1.29, 1.82) is 0 Å². The van der Waals surface area contributed by atoms with Crippen LogP contribution in [0.4, 0.5) is 0 Å². The summed E-state index contributed by atoms with van der Waals surface area (Å²) in [5.41, 5.74) is 2.22. The van der Waals surface area contributed by atoms with E-state index in [1.807, 2.05) is 6.92 Å². The summed E-state index contributed by atoms with van der Waals surface area (Å²) in [6.07, 6.45) is 3.25. The second-order valence-electron chi connectivity index (χ2n) is 7.80. The Morgan fingerprint density at radius 1 is 1.34 bits per heavy atom. The summed E-state index contributed by atoms with van der Waals surface area (Å²) in [7, 11) is -3.11. The van der Waals surface area contributed by atoms with Crippen LogP contribution in [0.15, 0.2) is 23.2 Å². The van der Waals surface area contributed by atoms with Crippen molar-refractivity contribution in [3.05, 3.63) is 29.3 Å². The molecule has 0 saturated carbocycles. The summed E-state index contributed by atoms with van der Waals surface area (Å²) in [6.45, 7) is 11.4. The van der Waals surface area contributed by atoms with Gasteiger partial charge in [-0.25, -0.2) is 17.7 Å². The normalized spacial score (nSPS) is 19.2. The van der Waals surface area contributed by atoms with E-state index >= 15 is 0 Å². The maximum Gasteiger partial charge on any atom is 0.211 e. The van der Waals surface area contributed by atoms with Gasteiger partial charge in [0, 0.05) is 31.7 Å². The second kappa shape index (κ2) is 10.8. The first-order valence-corrected chi connectivity index (χ1v) is 12.3. The molecule has 2 rings (SSSR count). The number of aliphatic imine (C=N–C) groups is 1. The van der Waals surface area contributed by atoms with Gasteiger partial charge in [0.25, 0.3) is 0 Å². The number of hydrogen-bond acceptors (Lipinski definition) is 4. The molecule has 1 aliphatic rings. The molecule has 1 saturated heterocycles.